The Morgan fingerprint density at radius 3 is 2.46 bits per heavy atom. The molecule has 0 aliphatic carbocycles. The monoisotopic (exact) mass is 324 g/mol. The summed E-state index contributed by atoms with van der Waals surface area (Å²) in [4.78, 5) is 23.7. The number of para-hydroxylation sites is 2. The minimum atomic E-state index is -0.821. The molecule has 2 N–H and O–H groups in total. The van der Waals surface area contributed by atoms with Gasteiger partial charge in [0.05, 0.1) is 0 Å². The maximum atomic E-state index is 12.0. The first kappa shape index (κ1) is 15.6. The molecule has 0 spiro atoms. The minimum Gasteiger partial charge on any atom is -0.485 e. The molecule has 0 fully saturated rings. The molecule has 24 heavy (non-hydrogen) atoms. The quantitative estimate of drug-likeness (QED) is 0.665. The van der Waals surface area contributed by atoms with Crippen LogP contribution in [-0.2, 0) is 9.59 Å². The van der Waals surface area contributed by atoms with Crippen LogP contribution < -0.4 is 20.3 Å². The molecule has 6 nitrogen and oxygen atoms in total. The zero-order valence-electron chi connectivity index (χ0n) is 12.8. The van der Waals surface area contributed by atoms with E-state index in [4.69, 9.17) is 9.47 Å². The third-order valence-electron chi connectivity index (χ3n) is 3.34. The molecule has 0 bridgehead atoms. The number of hydrogen-bond donors (Lipinski definition) is 2. The average molecular weight is 324 g/mol. The highest BCUT2D eigenvalue weighted by atomic mass is 16.6. The molecular weight excluding hydrogens is 308 g/mol. The smallest absolute Gasteiger partial charge is 0.283 e. The summed E-state index contributed by atoms with van der Waals surface area (Å²) < 4.78 is 11.0. The number of hydrazine groups is 1. The van der Waals surface area contributed by atoms with E-state index >= 15 is 0 Å². The van der Waals surface area contributed by atoms with Crippen LogP contribution in [-0.4, -0.2) is 24.5 Å². The second kappa shape index (κ2) is 7.32. The molecule has 0 saturated carbocycles. The van der Waals surface area contributed by atoms with E-state index in [0.717, 1.165) is 5.56 Å². The van der Waals surface area contributed by atoms with Crippen molar-refractivity contribution < 1.29 is 19.1 Å². The summed E-state index contributed by atoms with van der Waals surface area (Å²) in [6.07, 6.45) is 2.17. The van der Waals surface area contributed by atoms with E-state index in [1.54, 1.807) is 24.3 Å². The van der Waals surface area contributed by atoms with Gasteiger partial charge >= 0.3 is 0 Å². The van der Waals surface area contributed by atoms with E-state index in [1.807, 2.05) is 36.4 Å². The topological polar surface area (TPSA) is 76.7 Å². The zero-order valence-corrected chi connectivity index (χ0v) is 12.8. The fourth-order valence-electron chi connectivity index (χ4n) is 2.13. The average Bonchev–Trinajstić information content (AvgIpc) is 2.65. The van der Waals surface area contributed by atoms with Gasteiger partial charge < -0.3 is 9.47 Å². The number of benzene rings is 2. The van der Waals surface area contributed by atoms with Crippen LogP contribution in [0.5, 0.6) is 11.5 Å². The summed E-state index contributed by atoms with van der Waals surface area (Å²) >= 11 is 0. The summed E-state index contributed by atoms with van der Waals surface area (Å²) in [6.45, 7) is 0.0819. The van der Waals surface area contributed by atoms with Gasteiger partial charge in [0.1, 0.15) is 6.61 Å². The van der Waals surface area contributed by atoms with Gasteiger partial charge in [-0.3, -0.25) is 20.4 Å². The predicted octanol–water partition coefficient (Wildman–Crippen LogP) is 1.69. The first-order valence-electron chi connectivity index (χ1n) is 7.44. The van der Waals surface area contributed by atoms with Gasteiger partial charge in [-0.2, -0.15) is 0 Å². The number of rotatable bonds is 3. The van der Waals surface area contributed by atoms with Crippen molar-refractivity contribution in [3.05, 3.63) is 66.2 Å². The molecule has 6 heteroatoms. The van der Waals surface area contributed by atoms with Crippen LogP contribution in [0, 0.1) is 0 Å². The summed E-state index contributed by atoms with van der Waals surface area (Å²) in [5, 5.41) is 0. The fourth-order valence-corrected chi connectivity index (χ4v) is 2.13. The third-order valence-corrected chi connectivity index (χ3v) is 3.34. The maximum Gasteiger partial charge on any atom is 0.283 e. The van der Waals surface area contributed by atoms with Crippen molar-refractivity contribution in [1.82, 2.24) is 10.9 Å². The summed E-state index contributed by atoms with van der Waals surface area (Å²) in [5.74, 6) is 0.172. The Balaban J connectivity index is 1.49. The van der Waals surface area contributed by atoms with Crippen molar-refractivity contribution >= 4 is 17.9 Å². The Kier molecular flexibility index (Phi) is 4.76. The van der Waals surface area contributed by atoms with Crippen LogP contribution in [0.25, 0.3) is 6.08 Å². The highest BCUT2D eigenvalue weighted by Crippen LogP contribution is 2.30. The standard InChI is InChI=1S/C18H16N2O4/c21-17(11-10-13-6-2-1-3-7-13)19-20-18(22)16-12-23-14-8-4-5-9-15(14)24-16/h1-11,16H,12H2,(H,19,21)(H,20,22)/b11-10+. The Labute approximate surface area is 139 Å². The largest absolute Gasteiger partial charge is 0.485 e. The molecule has 2 aromatic carbocycles. The highest BCUT2D eigenvalue weighted by molar-refractivity contribution is 5.93. The van der Waals surface area contributed by atoms with Crippen LogP contribution in [0.1, 0.15) is 5.56 Å². The molecule has 1 aliphatic rings. The molecule has 1 atom stereocenters. The molecule has 0 saturated heterocycles. The van der Waals surface area contributed by atoms with E-state index in [-0.39, 0.29) is 6.61 Å². The Morgan fingerprint density at radius 2 is 1.67 bits per heavy atom. The van der Waals surface area contributed by atoms with Crippen LogP contribution in [0.15, 0.2) is 60.7 Å². The molecule has 3 rings (SSSR count). The molecule has 1 heterocycles. The summed E-state index contributed by atoms with van der Waals surface area (Å²) in [5.41, 5.74) is 5.53. The van der Waals surface area contributed by atoms with Crippen molar-refractivity contribution in [3.8, 4) is 11.5 Å². The van der Waals surface area contributed by atoms with Crippen molar-refractivity contribution in [3.63, 3.8) is 0 Å². The lowest BCUT2D eigenvalue weighted by Crippen LogP contribution is -2.50. The highest BCUT2D eigenvalue weighted by Gasteiger charge is 2.27. The van der Waals surface area contributed by atoms with Crippen LogP contribution in [0.2, 0.25) is 0 Å². The first-order chi connectivity index (χ1) is 11.7. The normalized spacial score (nSPS) is 15.8. The molecule has 0 aromatic heterocycles. The number of carbonyl (C=O) groups is 2. The summed E-state index contributed by atoms with van der Waals surface area (Å²) in [6, 6.07) is 16.5. The SMILES string of the molecule is O=C(/C=C/c1ccccc1)NNC(=O)C1COc2ccccc2O1. The van der Waals surface area contributed by atoms with Gasteiger partial charge in [0.15, 0.2) is 11.5 Å². The van der Waals surface area contributed by atoms with Gasteiger partial charge in [-0.25, -0.2) is 0 Å². The molecule has 1 unspecified atom stereocenters. The molecule has 2 aromatic rings. The molecule has 1 aliphatic heterocycles. The number of amides is 2. The number of carbonyl (C=O) groups excluding carboxylic acids is 2. The van der Waals surface area contributed by atoms with E-state index in [2.05, 4.69) is 10.9 Å². The van der Waals surface area contributed by atoms with Gasteiger partial charge in [-0.15, -0.1) is 0 Å². The lowest BCUT2D eigenvalue weighted by atomic mass is 10.2. The van der Waals surface area contributed by atoms with E-state index < -0.39 is 17.9 Å². The van der Waals surface area contributed by atoms with E-state index in [1.165, 1.54) is 6.08 Å². The molecule has 2 amide bonds. The predicted molar refractivity (Wildman–Crippen MR) is 88.1 cm³/mol. The lowest BCUT2D eigenvalue weighted by molar-refractivity contribution is -0.134. The maximum absolute atomic E-state index is 12.0. The fraction of sp³-hybridized carbons (Fsp3) is 0.111. The Hall–Kier alpha value is -3.28. The molecule has 122 valence electrons. The van der Waals surface area contributed by atoms with Crippen LogP contribution in [0.3, 0.4) is 0 Å². The van der Waals surface area contributed by atoms with Crippen LogP contribution >= 0.6 is 0 Å². The Morgan fingerprint density at radius 1 is 0.958 bits per heavy atom. The van der Waals surface area contributed by atoms with Gasteiger partial charge in [0.25, 0.3) is 11.8 Å². The number of nitrogens with one attached hydrogen (secondary N) is 2. The second-order valence-electron chi connectivity index (χ2n) is 5.09. The summed E-state index contributed by atoms with van der Waals surface area (Å²) in [7, 11) is 0. The lowest BCUT2D eigenvalue weighted by Gasteiger charge is -2.25. The second-order valence-corrected chi connectivity index (χ2v) is 5.09. The van der Waals surface area contributed by atoms with Crippen molar-refractivity contribution in [2.75, 3.05) is 6.61 Å². The van der Waals surface area contributed by atoms with Gasteiger partial charge in [0.2, 0.25) is 6.10 Å². The van der Waals surface area contributed by atoms with Crippen molar-refractivity contribution in [2.45, 2.75) is 6.10 Å². The molecular formula is C18H16N2O4. The first-order valence-corrected chi connectivity index (χ1v) is 7.44. The van der Waals surface area contributed by atoms with Gasteiger partial charge in [0, 0.05) is 6.08 Å². The number of hydrogen-bond acceptors (Lipinski definition) is 4. The van der Waals surface area contributed by atoms with Crippen LogP contribution in [0.4, 0.5) is 0 Å². The molecule has 0 radical (unpaired) electrons. The zero-order chi connectivity index (χ0) is 16.8. The number of ether oxygens (including phenoxy) is 2. The minimum absolute atomic E-state index is 0.0819. The third kappa shape index (κ3) is 3.92. The van der Waals surface area contributed by atoms with E-state index in [9.17, 15) is 9.59 Å². The van der Waals surface area contributed by atoms with E-state index in [0.29, 0.717) is 11.5 Å². The van der Waals surface area contributed by atoms with Gasteiger partial charge in [-0.05, 0) is 23.8 Å². The van der Waals surface area contributed by atoms with Gasteiger partial charge in [-0.1, -0.05) is 42.5 Å². The number of fused-ring (bicyclic) bond motifs is 1. The van der Waals surface area contributed by atoms with Crippen molar-refractivity contribution in [1.29, 1.82) is 0 Å². The van der Waals surface area contributed by atoms with Crippen molar-refractivity contribution in [2.24, 2.45) is 0 Å². The Bertz CT molecular complexity index is 759.